The summed E-state index contributed by atoms with van der Waals surface area (Å²) >= 11 is 5.28. The van der Waals surface area contributed by atoms with E-state index in [-0.39, 0.29) is 5.54 Å². The summed E-state index contributed by atoms with van der Waals surface area (Å²) in [5.74, 6) is 0.919. The van der Waals surface area contributed by atoms with Crippen molar-refractivity contribution in [3.63, 3.8) is 0 Å². The van der Waals surface area contributed by atoms with Crippen LogP contribution < -0.4 is 5.32 Å². The zero-order valence-corrected chi connectivity index (χ0v) is 15.5. The minimum atomic E-state index is 0.114. The fourth-order valence-corrected chi connectivity index (χ4v) is 3.22. The Morgan fingerprint density at radius 3 is 2.52 bits per heavy atom. The predicted octanol–water partition coefficient (Wildman–Crippen LogP) is 3.93. The second-order valence-corrected chi connectivity index (χ2v) is 7.94. The summed E-state index contributed by atoms with van der Waals surface area (Å²) in [7, 11) is 1.98. The molecule has 6 heteroatoms. The lowest BCUT2D eigenvalue weighted by Crippen LogP contribution is -2.35. The molecule has 1 N–H and O–H groups in total. The molecular formula is C15H21BrN4S. The first-order valence-electron chi connectivity index (χ1n) is 6.83. The second-order valence-electron chi connectivity index (χ2n) is 6.05. The van der Waals surface area contributed by atoms with E-state index in [0.717, 1.165) is 26.9 Å². The number of aromatic nitrogens is 3. The molecule has 0 bridgehead atoms. The van der Waals surface area contributed by atoms with Crippen LogP contribution in [0.15, 0.2) is 32.7 Å². The third-order valence-corrected chi connectivity index (χ3v) is 4.86. The van der Waals surface area contributed by atoms with E-state index in [4.69, 9.17) is 0 Å². The topological polar surface area (TPSA) is 42.7 Å². The van der Waals surface area contributed by atoms with Crippen LogP contribution in [-0.4, -0.2) is 20.3 Å². The van der Waals surface area contributed by atoms with Crippen LogP contribution in [0, 0.1) is 6.92 Å². The van der Waals surface area contributed by atoms with Crippen LogP contribution in [0.5, 0.6) is 0 Å². The Kier molecular flexibility index (Phi) is 5.11. The van der Waals surface area contributed by atoms with Gasteiger partial charge in [-0.1, -0.05) is 22.0 Å². The van der Waals surface area contributed by atoms with Gasteiger partial charge in [0.1, 0.15) is 5.82 Å². The van der Waals surface area contributed by atoms with Gasteiger partial charge in [0.05, 0.1) is 0 Å². The largest absolute Gasteiger partial charge is 0.309 e. The van der Waals surface area contributed by atoms with Crippen molar-refractivity contribution >= 4 is 27.7 Å². The molecule has 0 unspecified atom stereocenters. The van der Waals surface area contributed by atoms with Gasteiger partial charge in [0, 0.05) is 28.5 Å². The Morgan fingerprint density at radius 2 is 2.00 bits per heavy atom. The molecule has 0 aliphatic carbocycles. The summed E-state index contributed by atoms with van der Waals surface area (Å²) in [6.45, 7) is 9.30. The first kappa shape index (κ1) is 16.5. The molecule has 0 fully saturated rings. The van der Waals surface area contributed by atoms with E-state index >= 15 is 0 Å². The number of hydrogen-bond acceptors (Lipinski definition) is 4. The van der Waals surface area contributed by atoms with Crippen LogP contribution >= 0.6 is 27.7 Å². The maximum atomic E-state index is 4.18. The number of nitrogens with zero attached hydrogens (tertiary/aromatic N) is 3. The van der Waals surface area contributed by atoms with Gasteiger partial charge in [-0.25, -0.2) is 0 Å². The Morgan fingerprint density at radius 1 is 1.29 bits per heavy atom. The van der Waals surface area contributed by atoms with E-state index in [1.807, 2.05) is 18.5 Å². The van der Waals surface area contributed by atoms with E-state index in [1.165, 1.54) is 5.56 Å². The standard InChI is InChI=1S/C15H21BrN4S/c1-10-18-19-14(20(10)5)21-12-7-6-11(13(16)8-12)9-17-15(2,3)4/h6-8,17H,9H2,1-5H3. The van der Waals surface area contributed by atoms with Gasteiger partial charge in [0.2, 0.25) is 0 Å². The molecule has 0 atom stereocenters. The molecule has 21 heavy (non-hydrogen) atoms. The zero-order chi connectivity index (χ0) is 15.6. The van der Waals surface area contributed by atoms with E-state index in [1.54, 1.807) is 11.8 Å². The van der Waals surface area contributed by atoms with E-state index < -0.39 is 0 Å². The molecule has 2 aromatic rings. The maximum absolute atomic E-state index is 4.18. The molecule has 0 aliphatic rings. The minimum absolute atomic E-state index is 0.114. The van der Waals surface area contributed by atoms with Gasteiger partial charge in [0.25, 0.3) is 0 Å². The van der Waals surface area contributed by atoms with Crippen LogP contribution in [0.25, 0.3) is 0 Å². The van der Waals surface area contributed by atoms with Crippen molar-refractivity contribution in [3.8, 4) is 0 Å². The number of halogens is 1. The molecule has 1 aromatic carbocycles. The molecule has 0 spiro atoms. The molecule has 2 rings (SSSR count). The average molecular weight is 369 g/mol. The lowest BCUT2D eigenvalue weighted by atomic mass is 10.1. The maximum Gasteiger partial charge on any atom is 0.195 e. The van der Waals surface area contributed by atoms with Gasteiger partial charge < -0.3 is 9.88 Å². The first-order chi connectivity index (χ1) is 9.76. The average Bonchev–Trinajstić information content (AvgIpc) is 2.69. The molecule has 1 aromatic heterocycles. The van der Waals surface area contributed by atoms with Crippen LogP contribution in [0.1, 0.15) is 32.2 Å². The molecule has 0 saturated carbocycles. The highest BCUT2D eigenvalue weighted by Gasteiger charge is 2.11. The van der Waals surface area contributed by atoms with E-state index in [0.29, 0.717) is 0 Å². The van der Waals surface area contributed by atoms with Crippen molar-refractivity contribution in [1.82, 2.24) is 20.1 Å². The van der Waals surface area contributed by atoms with Gasteiger partial charge in [-0.3, -0.25) is 0 Å². The van der Waals surface area contributed by atoms with Crippen molar-refractivity contribution in [3.05, 3.63) is 34.1 Å². The molecule has 114 valence electrons. The molecule has 1 heterocycles. The first-order valence-corrected chi connectivity index (χ1v) is 8.44. The number of aryl methyl sites for hydroxylation is 1. The quantitative estimate of drug-likeness (QED) is 0.887. The summed E-state index contributed by atoms with van der Waals surface area (Å²) in [6, 6.07) is 6.40. The molecule has 0 radical (unpaired) electrons. The van der Waals surface area contributed by atoms with Crippen molar-refractivity contribution in [2.24, 2.45) is 7.05 Å². The Bertz CT molecular complexity index is 631. The smallest absolute Gasteiger partial charge is 0.195 e. The molecule has 4 nitrogen and oxygen atoms in total. The lowest BCUT2D eigenvalue weighted by molar-refractivity contribution is 0.424. The predicted molar refractivity (Wildman–Crippen MR) is 90.6 cm³/mol. The molecule has 0 aliphatic heterocycles. The summed E-state index contributed by atoms with van der Waals surface area (Å²) in [4.78, 5) is 1.15. The molecule has 0 saturated heterocycles. The summed E-state index contributed by atoms with van der Waals surface area (Å²) < 4.78 is 3.11. The third-order valence-electron chi connectivity index (χ3n) is 3.10. The highest BCUT2D eigenvalue weighted by Crippen LogP contribution is 2.30. The fraction of sp³-hybridized carbons (Fsp3) is 0.467. The number of rotatable bonds is 4. The number of hydrogen-bond donors (Lipinski definition) is 1. The van der Waals surface area contributed by atoms with Crippen molar-refractivity contribution in [2.45, 2.75) is 49.8 Å². The van der Waals surface area contributed by atoms with Crippen molar-refractivity contribution < 1.29 is 0 Å². The van der Waals surface area contributed by atoms with Gasteiger partial charge in [-0.05, 0) is 57.2 Å². The summed E-state index contributed by atoms with van der Waals surface area (Å²) in [6.07, 6.45) is 0. The van der Waals surface area contributed by atoms with E-state index in [2.05, 4.69) is 70.4 Å². The number of benzene rings is 1. The minimum Gasteiger partial charge on any atom is -0.309 e. The van der Waals surface area contributed by atoms with Gasteiger partial charge in [-0.2, -0.15) is 0 Å². The highest BCUT2D eigenvalue weighted by molar-refractivity contribution is 9.10. The Labute approximate surface area is 138 Å². The van der Waals surface area contributed by atoms with Crippen molar-refractivity contribution in [1.29, 1.82) is 0 Å². The monoisotopic (exact) mass is 368 g/mol. The summed E-state index contributed by atoms with van der Waals surface area (Å²) in [5, 5.41) is 12.7. The van der Waals surface area contributed by atoms with Crippen molar-refractivity contribution in [2.75, 3.05) is 0 Å². The Balaban J connectivity index is 2.10. The summed E-state index contributed by atoms with van der Waals surface area (Å²) in [5.41, 5.74) is 1.37. The van der Waals surface area contributed by atoms with E-state index in [9.17, 15) is 0 Å². The lowest BCUT2D eigenvalue weighted by Gasteiger charge is -2.21. The van der Waals surface area contributed by atoms with Gasteiger partial charge >= 0.3 is 0 Å². The molecular weight excluding hydrogens is 348 g/mol. The Hall–Kier alpha value is -0.850. The fourth-order valence-electron chi connectivity index (χ4n) is 1.68. The highest BCUT2D eigenvalue weighted by atomic mass is 79.9. The SMILES string of the molecule is Cc1nnc(Sc2ccc(CNC(C)(C)C)c(Br)c2)n1C. The van der Waals surface area contributed by atoms with Crippen LogP contribution in [-0.2, 0) is 13.6 Å². The third kappa shape index (κ3) is 4.56. The van der Waals surface area contributed by atoms with Gasteiger partial charge in [-0.15, -0.1) is 10.2 Å². The van der Waals surface area contributed by atoms with Crippen LogP contribution in [0.3, 0.4) is 0 Å². The normalized spacial score (nSPS) is 11.9. The zero-order valence-electron chi connectivity index (χ0n) is 13.1. The second kappa shape index (κ2) is 6.50. The van der Waals surface area contributed by atoms with Crippen LogP contribution in [0.2, 0.25) is 0 Å². The number of nitrogens with one attached hydrogen (secondary N) is 1. The molecule has 0 amide bonds. The van der Waals surface area contributed by atoms with Crippen LogP contribution in [0.4, 0.5) is 0 Å². The van der Waals surface area contributed by atoms with Gasteiger partial charge in [0.15, 0.2) is 5.16 Å².